The molecular formula is C18H20N2O6S. The number of hydrogen-bond donors (Lipinski definition) is 1. The van der Waals surface area contributed by atoms with Crippen molar-refractivity contribution in [3.63, 3.8) is 0 Å². The predicted octanol–water partition coefficient (Wildman–Crippen LogP) is 2.29. The third-order valence-electron chi connectivity index (χ3n) is 4.06. The minimum absolute atomic E-state index is 0.172. The van der Waals surface area contributed by atoms with Gasteiger partial charge in [0.15, 0.2) is 0 Å². The van der Waals surface area contributed by atoms with Crippen LogP contribution in [-0.4, -0.2) is 32.5 Å². The van der Waals surface area contributed by atoms with Gasteiger partial charge in [-0.3, -0.25) is 14.9 Å². The lowest BCUT2D eigenvalue weighted by Gasteiger charge is -2.23. The number of nitrogens with one attached hydrogen (secondary N) is 1. The first-order chi connectivity index (χ1) is 12.7. The summed E-state index contributed by atoms with van der Waals surface area (Å²) in [6.07, 6.45) is 0.462. The van der Waals surface area contributed by atoms with E-state index in [1.807, 2.05) is 30.3 Å². The molecular weight excluding hydrogens is 372 g/mol. The molecule has 0 amide bonds. The van der Waals surface area contributed by atoms with Gasteiger partial charge in [0, 0.05) is 12.1 Å². The molecule has 144 valence electrons. The number of nitro benzene ring substituents is 1. The molecule has 2 aromatic rings. The Morgan fingerprint density at radius 2 is 1.74 bits per heavy atom. The van der Waals surface area contributed by atoms with Gasteiger partial charge >= 0.3 is 5.97 Å². The number of methoxy groups -OCH3 is 1. The Balaban J connectivity index is 2.23. The minimum Gasteiger partial charge on any atom is -0.468 e. The number of esters is 1. The topological polar surface area (TPSA) is 116 Å². The lowest BCUT2D eigenvalue weighted by atomic mass is 9.94. The summed E-state index contributed by atoms with van der Waals surface area (Å²) in [4.78, 5) is 22.1. The number of nitro groups is 1. The first-order valence-corrected chi connectivity index (χ1v) is 9.61. The number of rotatable bonds is 8. The van der Waals surface area contributed by atoms with Crippen molar-refractivity contribution in [2.75, 3.05) is 7.11 Å². The van der Waals surface area contributed by atoms with Gasteiger partial charge in [-0.2, -0.15) is 4.72 Å². The molecule has 9 heteroatoms. The smallest absolute Gasteiger partial charge is 0.324 e. The Labute approximate surface area is 157 Å². The summed E-state index contributed by atoms with van der Waals surface area (Å²) in [5.74, 6) is -1.09. The maximum Gasteiger partial charge on any atom is 0.324 e. The third kappa shape index (κ3) is 5.35. The summed E-state index contributed by atoms with van der Waals surface area (Å²) in [7, 11) is -2.88. The van der Waals surface area contributed by atoms with E-state index in [1.54, 1.807) is 6.92 Å². The van der Waals surface area contributed by atoms with Crippen molar-refractivity contribution in [3.8, 4) is 0 Å². The Morgan fingerprint density at radius 3 is 2.26 bits per heavy atom. The summed E-state index contributed by atoms with van der Waals surface area (Å²) in [6.45, 7) is 1.74. The zero-order valence-corrected chi connectivity index (χ0v) is 15.7. The highest BCUT2D eigenvalue weighted by Gasteiger charge is 2.31. The monoisotopic (exact) mass is 392 g/mol. The van der Waals surface area contributed by atoms with Crippen molar-refractivity contribution in [2.24, 2.45) is 5.92 Å². The fourth-order valence-electron chi connectivity index (χ4n) is 2.61. The van der Waals surface area contributed by atoms with Crippen molar-refractivity contribution in [2.45, 2.75) is 24.3 Å². The first-order valence-electron chi connectivity index (χ1n) is 8.13. The molecule has 0 saturated heterocycles. The Morgan fingerprint density at radius 1 is 1.15 bits per heavy atom. The Bertz CT molecular complexity index is 897. The van der Waals surface area contributed by atoms with Gasteiger partial charge in [-0.05, 0) is 30.0 Å². The van der Waals surface area contributed by atoms with Crippen LogP contribution in [0.1, 0.15) is 12.5 Å². The number of sulfonamides is 1. The first kappa shape index (κ1) is 20.5. The van der Waals surface area contributed by atoms with Crippen LogP contribution in [0.25, 0.3) is 0 Å². The SMILES string of the molecule is COC(=O)[C@@H](NS(=O)(=O)c1ccc([N+](=O)[O-])cc1)[C@@H](C)Cc1ccccc1. The van der Waals surface area contributed by atoms with Gasteiger partial charge < -0.3 is 4.74 Å². The van der Waals surface area contributed by atoms with E-state index in [-0.39, 0.29) is 16.5 Å². The minimum atomic E-state index is -4.07. The molecule has 0 bridgehead atoms. The molecule has 1 N–H and O–H groups in total. The largest absolute Gasteiger partial charge is 0.468 e. The molecule has 0 unspecified atom stereocenters. The summed E-state index contributed by atoms with van der Waals surface area (Å²) >= 11 is 0. The zero-order valence-electron chi connectivity index (χ0n) is 14.9. The number of ether oxygens (including phenoxy) is 1. The van der Waals surface area contributed by atoms with Crippen molar-refractivity contribution >= 4 is 21.7 Å². The van der Waals surface area contributed by atoms with E-state index < -0.39 is 27.0 Å². The van der Waals surface area contributed by atoms with Crippen LogP contribution in [0.15, 0.2) is 59.5 Å². The van der Waals surface area contributed by atoms with Crippen LogP contribution in [0.5, 0.6) is 0 Å². The van der Waals surface area contributed by atoms with E-state index in [4.69, 9.17) is 4.74 Å². The van der Waals surface area contributed by atoms with Crippen LogP contribution < -0.4 is 4.72 Å². The average Bonchev–Trinajstić information content (AvgIpc) is 2.66. The van der Waals surface area contributed by atoms with Gasteiger partial charge in [-0.1, -0.05) is 37.3 Å². The highest BCUT2D eigenvalue weighted by molar-refractivity contribution is 7.89. The van der Waals surface area contributed by atoms with E-state index in [2.05, 4.69) is 4.72 Å². The summed E-state index contributed by atoms with van der Waals surface area (Å²) < 4.78 is 32.3. The van der Waals surface area contributed by atoms with Gasteiger partial charge in [0.05, 0.1) is 16.9 Å². The maximum absolute atomic E-state index is 12.6. The Hall–Kier alpha value is -2.78. The lowest BCUT2D eigenvalue weighted by molar-refractivity contribution is -0.384. The van der Waals surface area contributed by atoms with Gasteiger partial charge in [-0.25, -0.2) is 8.42 Å². The number of carbonyl (C=O) groups excluding carboxylic acids is 1. The molecule has 27 heavy (non-hydrogen) atoms. The molecule has 0 aliphatic carbocycles. The molecule has 2 aromatic carbocycles. The van der Waals surface area contributed by atoms with Crippen LogP contribution in [-0.2, 0) is 26.0 Å². The van der Waals surface area contributed by atoms with Crippen LogP contribution in [0, 0.1) is 16.0 Å². The molecule has 0 aliphatic rings. The number of hydrogen-bond acceptors (Lipinski definition) is 6. The number of benzene rings is 2. The highest BCUT2D eigenvalue weighted by atomic mass is 32.2. The average molecular weight is 392 g/mol. The lowest BCUT2D eigenvalue weighted by Crippen LogP contribution is -2.46. The van der Waals surface area contributed by atoms with Crippen molar-refractivity contribution in [1.82, 2.24) is 4.72 Å². The second-order valence-electron chi connectivity index (χ2n) is 6.04. The normalized spacial score (nSPS) is 13.6. The number of non-ortho nitro benzene ring substituents is 1. The van der Waals surface area contributed by atoms with Gasteiger partial charge in [-0.15, -0.1) is 0 Å². The predicted molar refractivity (Wildman–Crippen MR) is 98.5 cm³/mol. The van der Waals surface area contributed by atoms with E-state index in [0.29, 0.717) is 6.42 Å². The Kier molecular flexibility index (Phi) is 6.65. The van der Waals surface area contributed by atoms with Crippen LogP contribution >= 0.6 is 0 Å². The molecule has 2 atom stereocenters. The molecule has 0 fully saturated rings. The summed E-state index contributed by atoms with van der Waals surface area (Å²) in [6, 6.07) is 12.7. The second-order valence-corrected chi connectivity index (χ2v) is 7.75. The molecule has 0 heterocycles. The fourth-order valence-corrected chi connectivity index (χ4v) is 3.90. The molecule has 2 rings (SSSR count). The molecule has 0 radical (unpaired) electrons. The number of carbonyl (C=O) groups is 1. The summed E-state index contributed by atoms with van der Waals surface area (Å²) in [5, 5.41) is 10.7. The maximum atomic E-state index is 12.6. The molecule has 8 nitrogen and oxygen atoms in total. The van der Waals surface area contributed by atoms with E-state index in [0.717, 1.165) is 29.8 Å². The van der Waals surface area contributed by atoms with Gasteiger partial charge in [0.1, 0.15) is 6.04 Å². The van der Waals surface area contributed by atoms with E-state index in [1.165, 1.54) is 7.11 Å². The highest BCUT2D eigenvalue weighted by Crippen LogP contribution is 2.19. The van der Waals surface area contributed by atoms with E-state index >= 15 is 0 Å². The number of nitrogens with zero attached hydrogens (tertiary/aromatic N) is 1. The van der Waals surface area contributed by atoms with Gasteiger partial charge in [0.2, 0.25) is 10.0 Å². The van der Waals surface area contributed by atoms with Gasteiger partial charge in [0.25, 0.3) is 5.69 Å². The van der Waals surface area contributed by atoms with Crippen LogP contribution in [0.3, 0.4) is 0 Å². The third-order valence-corrected chi connectivity index (χ3v) is 5.52. The van der Waals surface area contributed by atoms with Crippen molar-refractivity contribution in [3.05, 3.63) is 70.3 Å². The van der Waals surface area contributed by atoms with Crippen LogP contribution in [0.4, 0.5) is 5.69 Å². The molecule has 0 spiro atoms. The standard InChI is InChI=1S/C18H20N2O6S/c1-13(12-14-6-4-3-5-7-14)17(18(21)26-2)19-27(24,25)16-10-8-15(9-11-16)20(22)23/h3-11,13,17,19H,12H2,1-2H3/t13-,17-/m0/s1. The zero-order chi connectivity index (χ0) is 20.0. The second kappa shape index (κ2) is 8.74. The molecule has 0 aromatic heterocycles. The molecule has 0 saturated carbocycles. The van der Waals surface area contributed by atoms with Crippen molar-refractivity contribution in [1.29, 1.82) is 0 Å². The van der Waals surface area contributed by atoms with Crippen molar-refractivity contribution < 1.29 is 22.9 Å². The summed E-state index contributed by atoms with van der Waals surface area (Å²) in [5.41, 5.74) is 0.726. The van der Waals surface area contributed by atoms with Crippen LogP contribution in [0.2, 0.25) is 0 Å². The molecule has 0 aliphatic heterocycles. The fraction of sp³-hybridized carbons (Fsp3) is 0.278. The quantitative estimate of drug-likeness (QED) is 0.419. The van der Waals surface area contributed by atoms with E-state index in [9.17, 15) is 23.3 Å².